The number of esters is 1. The summed E-state index contributed by atoms with van der Waals surface area (Å²) in [6.07, 6.45) is -5.28. The van der Waals surface area contributed by atoms with Crippen LogP contribution in [-0.4, -0.2) is 36.3 Å². The van der Waals surface area contributed by atoms with Gasteiger partial charge in [0.25, 0.3) is 11.5 Å². The number of alkyl halides is 3. The molecule has 29 heavy (non-hydrogen) atoms. The Morgan fingerprint density at radius 3 is 2.10 bits per heavy atom. The van der Waals surface area contributed by atoms with E-state index in [2.05, 4.69) is 4.74 Å². The minimum absolute atomic E-state index is 0.272. The lowest BCUT2D eigenvalue weighted by Gasteiger charge is -2.29. The lowest BCUT2D eigenvalue weighted by atomic mass is 9.92. The molecule has 2 rings (SSSR count). The van der Waals surface area contributed by atoms with Crippen LogP contribution in [0.15, 0.2) is 48.5 Å². The standard InChI is InChI=1S/C21H22F3NO4/c1-4-25(18(26)17-9-7-6-8-14(17)3)16-12-10-15(11-13-16)20(28,21(22,23)24)19(27)29-5-2/h6-13,28H,4-5H2,1-3H3/t20-/m0/s1. The normalized spacial score (nSPS) is 13.5. The summed E-state index contributed by atoms with van der Waals surface area (Å²) in [6, 6.07) is 11.4. The number of halogens is 3. The van der Waals surface area contributed by atoms with Crippen LogP contribution in [0.3, 0.4) is 0 Å². The Morgan fingerprint density at radius 1 is 1.03 bits per heavy atom. The van der Waals surface area contributed by atoms with Crippen LogP contribution in [0.25, 0.3) is 0 Å². The van der Waals surface area contributed by atoms with Crippen LogP contribution in [-0.2, 0) is 15.1 Å². The molecule has 156 valence electrons. The second kappa shape index (κ2) is 8.65. The molecule has 1 atom stereocenters. The average molecular weight is 409 g/mol. The summed E-state index contributed by atoms with van der Waals surface area (Å²) in [4.78, 5) is 26.1. The zero-order chi connectivity index (χ0) is 21.8. The van der Waals surface area contributed by atoms with Gasteiger partial charge in [-0.25, -0.2) is 4.79 Å². The van der Waals surface area contributed by atoms with Crippen LogP contribution >= 0.6 is 0 Å². The number of aliphatic hydroxyl groups is 1. The summed E-state index contributed by atoms with van der Waals surface area (Å²) in [7, 11) is 0. The Morgan fingerprint density at radius 2 is 1.62 bits per heavy atom. The van der Waals surface area contributed by atoms with E-state index in [4.69, 9.17) is 0 Å². The topological polar surface area (TPSA) is 66.8 Å². The number of nitrogens with zero attached hydrogens (tertiary/aromatic N) is 1. The van der Waals surface area contributed by atoms with Crippen molar-refractivity contribution in [3.05, 3.63) is 65.2 Å². The molecule has 5 nitrogen and oxygen atoms in total. The quantitative estimate of drug-likeness (QED) is 0.733. The van der Waals surface area contributed by atoms with Gasteiger partial charge in [-0.05, 0) is 44.5 Å². The van der Waals surface area contributed by atoms with Crippen LogP contribution < -0.4 is 4.90 Å². The second-order valence-corrected chi connectivity index (χ2v) is 6.34. The molecule has 8 heteroatoms. The van der Waals surface area contributed by atoms with Crippen molar-refractivity contribution in [3.63, 3.8) is 0 Å². The third kappa shape index (κ3) is 4.27. The van der Waals surface area contributed by atoms with Gasteiger partial charge in [-0.1, -0.05) is 30.3 Å². The van der Waals surface area contributed by atoms with Crippen LogP contribution in [0.2, 0.25) is 0 Å². The molecule has 0 spiro atoms. The molecule has 2 aromatic carbocycles. The fourth-order valence-electron chi connectivity index (χ4n) is 2.92. The van der Waals surface area contributed by atoms with Crippen molar-refractivity contribution in [2.45, 2.75) is 32.5 Å². The Labute approximate surface area is 166 Å². The number of anilines is 1. The number of amides is 1. The maximum Gasteiger partial charge on any atom is 0.432 e. The third-order valence-electron chi connectivity index (χ3n) is 4.51. The smallest absolute Gasteiger partial charge is 0.432 e. The number of hydrogen-bond acceptors (Lipinski definition) is 4. The molecular weight excluding hydrogens is 387 g/mol. The minimum Gasteiger partial charge on any atom is -0.463 e. The van der Waals surface area contributed by atoms with Gasteiger partial charge in [0.05, 0.1) is 6.61 Å². The first-order valence-electron chi connectivity index (χ1n) is 9.02. The Balaban J connectivity index is 2.42. The zero-order valence-corrected chi connectivity index (χ0v) is 16.3. The number of carbonyl (C=O) groups excluding carboxylic acids is 2. The number of hydrogen-bond donors (Lipinski definition) is 1. The van der Waals surface area contributed by atoms with Crippen molar-refractivity contribution in [2.24, 2.45) is 0 Å². The lowest BCUT2D eigenvalue weighted by molar-refractivity contribution is -0.267. The molecule has 0 aromatic heterocycles. The molecule has 0 bridgehead atoms. The Bertz CT molecular complexity index is 880. The number of benzene rings is 2. The molecule has 1 N–H and O–H groups in total. The van der Waals surface area contributed by atoms with Crippen LogP contribution in [0.4, 0.5) is 18.9 Å². The third-order valence-corrected chi connectivity index (χ3v) is 4.51. The first kappa shape index (κ1) is 22.4. The number of ether oxygens (including phenoxy) is 1. The summed E-state index contributed by atoms with van der Waals surface area (Å²) in [5, 5.41) is 10.1. The summed E-state index contributed by atoms with van der Waals surface area (Å²) in [5.74, 6) is -2.11. The molecule has 0 aliphatic heterocycles. The van der Waals surface area contributed by atoms with Gasteiger partial charge in [-0.3, -0.25) is 4.79 Å². The largest absolute Gasteiger partial charge is 0.463 e. The first-order valence-corrected chi connectivity index (χ1v) is 9.02. The Kier molecular flexibility index (Phi) is 6.69. The van der Waals surface area contributed by atoms with Crippen molar-refractivity contribution >= 4 is 17.6 Å². The highest BCUT2D eigenvalue weighted by Gasteiger charge is 2.62. The lowest BCUT2D eigenvalue weighted by Crippen LogP contribution is -2.50. The van der Waals surface area contributed by atoms with E-state index in [0.717, 1.165) is 17.7 Å². The van der Waals surface area contributed by atoms with E-state index in [1.54, 1.807) is 38.1 Å². The number of carbonyl (C=O) groups is 2. The van der Waals surface area contributed by atoms with Crippen LogP contribution in [0.5, 0.6) is 0 Å². The van der Waals surface area contributed by atoms with E-state index in [-0.39, 0.29) is 19.1 Å². The van der Waals surface area contributed by atoms with Crippen LogP contribution in [0, 0.1) is 6.92 Å². The molecule has 0 saturated heterocycles. The zero-order valence-electron chi connectivity index (χ0n) is 16.3. The monoisotopic (exact) mass is 409 g/mol. The molecule has 0 aliphatic rings. The van der Waals surface area contributed by atoms with Gasteiger partial charge in [-0.15, -0.1) is 0 Å². The van der Waals surface area contributed by atoms with Crippen LogP contribution in [0.1, 0.15) is 35.3 Å². The van der Waals surface area contributed by atoms with E-state index in [0.29, 0.717) is 11.3 Å². The number of aryl methyl sites for hydroxylation is 1. The van der Waals surface area contributed by atoms with E-state index in [1.165, 1.54) is 24.0 Å². The van der Waals surface area contributed by atoms with Gasteiger partial charge in [0, 0.05) is 23.4 Å². The average Bonchev–Trinajstić information content (AvgIpc) is 2.68. The SMILES string of the molecule is CCOC(=O)[C@@](O)(c1ccc(N(CC)C(=O)c2ccccc2C)cc1)C(F)(F)F. The van der Waals surface area contributed by atoms with Crippen molar-refractivity contribution < 1.29 is 32.6 Å². The summed E-state index contributed by atoms with van der Waals surface area (Å²) in [5.41, 5.74) is -2.92. The van der Waals surface area contributed by atoms with Crippen molar-refractivity contribution in [3.8, 4) is 0 Å². The molecule has 0 fully saturated rings. The fraction of sp³-hybridized carbons (Fsp3) is 0.333. The minimum atomic E-state index is -5.28. The van der Waals surface area contributed by atoms with E-state index in [1.807, 2.05) is 0 Å². The van der Waals surface area contributed by atoms with Gasteiger partial charge in [0.1, 0.15) is 0 Å². The second-order valence-electron chi connectivity index (χ2n) is 6.34. The van der Waals surface area contributed by atoms with E-state index >= 15 is 0 Å². The van der Waals surface area contributed by atoms with Gasteiger partial charge < -0.3 is 14.7 Å². The van der Waals surface area contributed by atoms with E-state index in [9.17, 15) is 27.9 Å². The molecule has 0 heterocycles. The molecule has 0 unspecified atom stereocenters. The van der Waals surface area contributed by atoms with Gasteiger partial charge in [0.15, 0.2) is 0 Å². The highest BCUT2D eigenvalue weighted by atomic mass is 19.4. The summed E-state index contributed by atoms with van der Waals surface area (Å²) >= 11 is 0. The summed E-state index contributed by atoms with van der Waals surface area (Å²) in [6.45, 7) is 4.81. The molecule has 1 amide bonds. The molecular formula is C21H22F3NO4. The molecule has 0 radical (unpaired) electrons. The van der Waals surface area contributed by atoms with Gasteiger partial charge in [0.2, 0.25) is 0 Å². The molecule has 0 aliphatic carbocycles. The van der Waals surface area contributed by atoms with Gasteiger partial charge >= 0.3 is 12.1 Å². The first-order chi connectivity index (χ1) is 13.6. The Hall–Kier alpha value is -2.87. The fourth-order valence-corrected chi connectivity index (χ4v) is 2.92. The number of rotatable bonds is 6. The molecule has 0 saturated carbocycles. The van der Waals surface area contributed by atoms with E-state index < -0.39 is 23.3 Å². The van der Waals surface area contributed by atoms with Crippen molar-refractivity contribution in [1.29, 1.82) is 0 Å². The maximum atomic E-state index is 13.5. The van der Waals surface area contributed by atoms with Crippen molar-refractivity contribution in [2.75, 3.05) is 18.1 Å². The van der Waals surface area contributed by atoms with Gasteiger partial charge in [-0.2, -0.15) is 13.2 Å². The highest BCUT2D eigenvalue weighted by Crippen LogP contribution is 2.40. The predicted octanol–water partition coefficient (Wildman–Crippen LogP) is 3.97. The predicted molar refractivity (Wildman–Crippen MR) is 102 cm³/mol. The van der Waals surface area contributed by atoms with Crippen molar-refractivity contribution in [1.82, 2.24) is 0 Å². The highest BCUT2D eigenvalue weighted by molar-refractivity contribution is 6.07. The maximum absolute atomic E-state index is 13.5. The summed E-state index contributed by atoms with van der Waals surface area (Å²) < 4.78 is 44.8. The molecule has 2 aromatic rings.